The van der Waals surface area contributed by atoms with Crippen LogP contribution >= 0.6 is 23.4 Å². The third kappa shape index (κ3) is 6.06. The zero-order valence-electron chi connectivity index (χ0n) is 17.2. The molecule has 0 saturated heterocycles. The number of carbonyl (C=O) groups is 2. The summed E-state index contributed by atoms with van der Waals surface area (Å²) in [5, 5.41) is 12.6. The summed E-state index contributed by atoms with van der Waals surface area (Å²) in [6, 6.07) is 14.3. The van der Waals surface area contributed by atoms with Crippen LogP contribution in [0.2, 0.25) is 5.02 Å². The van der Waals surface area contributed by atoms with Crippen molar-refractivity contribution in [2.24, 2.45) is 0 Å². The monoisotopic (exact) mass is 454 g/mol. The molecule has 0 radical (unpaired) electrons. The molecule has 160 valence electrons. The molecular weight excluding hydrogens is 432 g/mol. The topological polar surface area (TPSA) is 76.9 Å². The zero-order valence-corrected chi connectivity index (χ0v) is 18.7. The van der Waals surface area contributed by atoms with E-state index in [2.05, 4.69) is 22.1 Å². The number of aryl methyl sites for hydroxylation is 1. The third-order valence-corrected chi connectivity index (χ3v) is 5.85. The van der Waals surface area contributed by atoms with Gasteiger partial charge in [0.1, 0.15) is 5.82 Å². The Morgan fingerprint density at radius 1 is 1.16 bits per heavy atom. The fourth-order valence-corrected chi connectivity index (χ4v) is 3.97. The van der Waals surface area contributed by atoms with E-state index in [9.17, 15) is 9.59 Å². The molecule has 0 saturated carbocycles. The average molecular weight is 455 g/mol. The van der Waals surface area contributed by atoms with Crippen molar-refractivity contribution in [3.05, 3.63) is 88.7 Å². The minimum atomic E-state index is -0.115. The average Bonchev–Trinajstić information content (AvgIpc) is 3.14. The Kier molecular flexibility index (Phi) is 8.03. The highest BCUT2D eigenvalue weighted by atomic mass is 35.5. The highest BCUT2D eigenvalue weighted by Gasteiger charge is 2.15. The number of hydrogen-bond acceptors (Lipinski definition) is 5. The van der Waals surface area contributed by atoms with Crippen molar-refractivity contribution in [1.29, 1.82) is 0 Å². The van der Waals surface area contributed by atoms with Crippen LogP contribution in [0.1, 0.15) is 32.1 Å². The highest BCUT2D eigenvalue weighted by molar-refractivity contribution is 7.99. The molecule has 0 aliphatic rings. The van der Waals surface area contributed by atoms with Crippen LogP contribution in [0, 0.1) is 6.92 Å². The lowest BCUT2D eigenvalue weighted by atomic mass is 10.1. The Labute approximate surface area is 190 Å². The molecule has 8 heteroatoms. The van der Waals surface area contributed by atoms with Gasteiger partial charge in [-0.25, -0.2) is 0 Å². The maximum absolute atomic E-state index is 12.4. The summed E-state index contributed by atoms with van der Waals surface area (Å²) in [4.78, 5) is 24.8. The molecule has 0 unspecified atom stereocenters. The fraction of sp³-hybridized carbons (Fsp3) is 0.217. The van der Waals surface area contributed by atoms with Crippen LogP contribution < -0.4 is 5.32 Å². The standard InChI is InChI=1S/C23H23ClN4O2S/c1-3-14-28-21(12-13-25-22(30)19-7-5-4-6-16(19)2)26-27-23(28)31-15-20(29)17-8-10-18(24)11-9-17/h3-11H,1,12-15H2,2H3,(H,25,30). The van der Waals surface area contributed by atoms with Gasteiger partial charge in [0.25, 0.3) is 5.91 Å². The van der Waals surface area contributed by atoms with E-state index in [1.165, 1.54) is 11.8 Å². The minimum Gasteiger partial charge on any atom is -0.352 e. The third-order valence-electron chi connectivity index (χ3n) is 4.63. The lowest BCUT2D eigenvalue weighted by Gasteiger charge is -2.09. The van der Waals surface area contributed by atoms with Gasteiger partial charge in [-0.3, -0.25) is 9.59 Å². The van der Waals surface area contributed by atoms with E-state index in [1.807, 2.05) is 29.7 Å². The molecule has 1 aromatic heterocycles. The lowest BCUT2D eigenvalue weighted by molar-refractivity contribution is 0.0952. The first-order chi connectivity index (χ1) is 15.0. The van der Waals surface area contributed by atoms with Crippen LogP contribution in [-0.2, 0) is 13.0 Å². The summed E-state index contributed by atoms with van der Waals surface area (Å²) >= 11 is 7.20. The van der Waals surface area contributed by atoms with Gasteiger partial charge in [0.2, 0.25) is 0 Å². The van der Waals surface area contributed by atoms with Crippen LogP contribution in [-0.4, -0.2) is 38.8 Å². The molecule has 1 amide bonds. The first-order valence-corrected chi connectivity index (χ1v) is 11.1. The molecule has 31 heavy (non-hydrogen) atoms. The molecule has 2 aromatic carbocycles. The van der Waals surface area contributed by atoms with Gasteiger partial charge in [-0.05, 0) is 42.8 Å². The Hall–Kier alpha value is -2.90. The number of nitrogens with one attached hydrogen (secondary N) is 1. The molecule has 0 spiro atoms. The Morgan fingerprint density at radius 2 is 1.90 bits per heavy atom. The number of hydrogen-bond donors (Lipinski definition) is 1. The molecule has 0 aliphatic heterocycles. The second-order valence-corrected chi connectivity index (χ2v) is 8.22. The van der Waals surface area contributed by atoms with Crippen LogP contribution in [0.3, 0.4) is 0 Å². The summed E-state index contributed by atoms with van der Waals surface area (Å²) in [6.45, 7) is 6.65. The number of benzene rings is 2. The molecule has 0 bridgehead atoms. The Balaban J connectivity index is 1.60. The summed E-state index contributed by atoms with van der Waals surface area (Å²) in [5.41, 5.74) is 2.19. The number of nitrogens with zero attached hydrogens (tertiary/aromatic N) is 3. The number of aromatic nitrogens is 3. The van der Waals surface area contributed by atoms with E-state index in [-0.39, 0.29) is 17.4 Å². The normalized spacial score (nSPS) is 10.6. The SMILES string of the molecule is C=CCn1c(CCNC(=O)c2ccccc2C)nnc1SCC(=O)c1ccc(Cl)cc1. The largest absolute Gasteiger partial charge is 0.352 e. The fourth-order valence-electron chi connectivity index (χ4n) is 2.98. The molecule has 1 heterocycles. The first kappa shape index (κ1) is 22.8. The number of allylic oxidation sites excluding steroid dienone is 1. The summed E-state index contributed by atoms with van der Waals surface area (Å²) in [6.07, 6.45) is 2.27. The van der Waals surface area contributed by atoms with Crippen molar-refractivity contribution in [2.75, 3.05) is 12.3 Å². The van der Waals surface area contributed by atoms with Crippen molar-refractivity contribution in [2.45, 2.75) is 25.0 Å². The van der Waals surface area contributed by atoms with Gasteiger partial charge in [-0.15, -0.1) is 16.8 Å². The number of thioether (sulfide) groups is 1. The van der Waals surface area contributed by atoms with Crippen molar-refractivity contribution < 1.29 is 9.59 Å². The van der Waals surface area contributed by atoms with Gasteiger partial charge in [0.05, 0.1) is 5.75 Å². The van der Waals surface area contributed by atoms with Gasteiger partial charge >= 0.3 is 0 Å². The molecule has 0 fully saturated rings. The van der Waals surface area contributed by atoms with Crippen molar-refractivity contribution in [3.63, 3.8) is 0 Å². The Bertz CT molecular complexity index is 1080. The van der Waals surface area contributed by atoms with Crippen LogP contribution in [0.25, 0.3) is 0 Å². The molecule has 0 aliphatic carbocycles. The number of rotatable bonds is 10. The molecule has 1 N–H and O–H groups in total. The van der Waals surface area contributed by atoms with Crippen LogP contribution in [0.5, 0.6) is 0 Å². The second-order valence-electron chi connectivity index (χ2n) is 6.84. The van der Waals surface area contributed by atoms with E-state index in [4.69, 9.17) is 11.6 Å². The van der Waals surface area contributed by atoms with E-state index in [0.29, 0.717) is 40.8 Å². The summed E-state index contributed by atoms with van der Waals surface area (Å²) in [7, 11) is 0. The van der Waals surface area contributed by atoms with Crippen molar-refractivity contribution >= 4 is 35.1 Å². The predicted molar refractivity (Wildman–Crippen MR) is 124 cm³/mol. The van der Waals surface area contributed by atoms with Gasteiger partial charge < -0.3 is 9.88 Å². The predicted octanol–water partition coefficient (Wildman–Crippen LogP) is 4.37. The summed E-state index contributed by atoms with van der Waals surface area (Å²) < 4.78 is 1.91. The number of halogens is 1. The van der Waals surface area contributed by atoms with E-state index in [1.54, 1.807) is 36.4 Å². The second kappa shape index (κ2) is 10.9. The lowest BCUT2D eigenvalue weighted by Crippen LogP contribution is -2.27. The van der Waals surface area contributed by atoms with E-state index < -0.39 is 0 Å². The number of ketones is 1. The van der Waals surface area contributed by atoms with Crippen LogP contribution in [0.4, 0.5) is 0 Å². The summed E-state index contributed by atoms with van der Waals surface area (Å²) in [5.74, 6) is 0.838. The highest BCUT2D eigenvalue weighted by Crippen LogP contribution is 2.20. The zero-order chi connectivity index (χ0) is 22.2. The van der Waals surface area contributed by atoms with Gasteiger partial charge in [0.15, 0.2) is 10.9 Å². The first-order valence-electron chi connectivity index (χ1n) is 9.78. The van der Waals surface area contributed by atoms with Gasteiger partial charge in [-0.2, -0.15) is 0 Å². The molecule has 0 atom stereocenters. The maximum Gasteiger partial charge on any atom is 0.251 e. The minimum absolute atomic E-state index is 0.0122. The van der Waals surface area contributed by atoms with Crippen molar-refractivity contribution in [1.82, 2.24) is 20.1 Å². The number of carbonyl (C=O) groups excluding carboxylic acids is 2. The number of Topliss-reactive ketones (excluding diaryl/α,β-unsaturated/α-hetero) is 1. The van der Waals surface area contributed by atoms with Crippen LogP contribution in [0.15, 0.2) is 66.3 Å². The van der Waals surface area contributed by atoms with Gasteiger partial charge in [0, 0.05) is 35.7 Å². The molecule has 6 nitrogen and oxygen atoms in total. The van der Waals surface area contributed by atoms with Gasteiger partial charge in [-0.1, -0.05) is 47.6 Å². The Morgan fingerprint density at radius 3 is 2.61 bits per heavy atom. The molecule has 3 aromatic rings. The number of amides is 1. The van der Waals surface area contributed by atoms with E-state index >= 15 is 0 Å². The quantitative estimate of drug-likeness (QED) is 0.279. The van der Waals surface area contributed by atoms with Crippen molar-refractivity contribution in [3.8, 4) is 0 Å². The molecular formula is C23H23ClN4O2S. The van der Waals surface area contributed by atoms with E-state index in [0.717, 1.165) is 11.4 Å². The maximum atomic E-state index is 12.4. The smallest absolute Gasteiger partial charge is 0.251 e. The molecule has 3 rings (SSSR count).